The molecule has 0 spiro atoms. The first-order chi connectivity index (χ1) is 10.7. The van der Waals surface area contributed by atoms with Crippen LogP contribution in [0, 0.1) is 5.41 Å². The molecule has 114 valence electrons. The van der Waals surface area contributed by atoms with Crippen LogP contribution >= 0.6 is 11.8 Å². The summed E-state index contributed by atoms with van der Waals surface area (Å²) in [7, 11) is 0. The van der Waals surface area contributed by atoms with Gasteiger partial charge in [0.1, 0.15) is 0 Å². The summed E-state index contributed by atoms with van der Waals surface area (Å²) in [6.45, 7) is 2.49. The van der Waals surface area contributed by atoms with Gasteiger partial charge in [-0.15, -0.1) is 0 Å². The molecule has 2 aromatic rings. The number of carbonyl (C=O) groups excluding carboxylic acids is 1. The van der Waals surface area contributed by atoms with Gasteiger partial charge in [-0.05, 0) is 35.6 Å². The van der Waals surface area contributed by atoms with Crippen LogP contribution in [0.5, 0.6) is 0 Å². The van der Waals surface area contributed by atoms with Gasteiger partial charge >= 0.3 is 0 Å². The topological polar surface area (TPSA) is 65.0 Å². The summed E-state index contributed by atoms with van der Waals surface area (Å²) in [4.78, 5) is 11.9. The lowest BCUT2D eigenvalue weighted by Crippen LogP contribution is -2.22. The van der Waals surface area contributed by atoms with Crippen molar-refractivity contribution in [1.29, 1.82) is 5.41 Å². The van der Waals surface area contributed by atoms with E-state index in [1.54, 1.807) is 12.1 Å². The molecule has 0 unspecified atom stereocenters. The quantitative estimate of drug-likeness (QED) is 0.582. The van der Waals surface area contributed by atoms with Crippen LogP contribution in [0.2, 0.25) is 0 Å². The summed E-state index contributed by atoms with van der Waals surface area (Å²) >= 11 is 1.46. The Morgan fingerprint density at radius 2 is 1.77 bits per heavy atom. The summed E-state index contributed by atoms with van der Waals surface area (Å²) in [5.74, 6) is 0.791. The summed E-state index contributed by atoms with van der Waals surface area (Å²) in [5, 5.41) is 14.1. The lowest BCUT2D eigenvalue weighted by atomic mass is 10.2. The average Bonchev–Trinajstić information content (AvgIpc) is 2.55. The zero-order valence-corrected chi connectivity index (χ0v) is 13.2. The van der Waals surface area contributed by atoms with Crippen molar-refractivity contribution in [1.82, 2.24) is 5.32 Å². The number of hydrogen-bond donors (Lipinski definition) is 3. The number of anilines is 1. The Kier molecular flexibility index (Phi) is 6.03. The Morgan fingerprint density at radius 3 is 2.41 bits per heavy atom. The minimum Gasteiger partial charge on any atom is -0.348 e. The first kappa shape index (κ1) is 16.1. The average molecular weight is 313 g/mol. The third kappa shape index (κ3) is 4.93. The lowest BCUT2D eigenvalue weighted by Gasteiger charge is -2.08. The van der Waals surface area contributed by atoms with Gasteiger partial charge in [-0.2, -0.15) is 0 Å². The van der Waals surface area contributed by atoms with E-state index in [2.05, 4.69) is 10.6 Å². The van der Waals surface area contributed by atoms with Crippen LogP contribution in [0.4, 0.5) is 5.69 Å². The van der Waals surface area contributed by atoms with E-state index in [0.717, 1.165) is 17.0 Å². The molecule has 22 heavy (non-hydrogen) atoms. The monoisotopic (exact) mass is 313 g/mol. The van der Waals surface area contributed by atoms with E-state index in [-0.39, 0.29) is 5.91 Å². The van der Waals surface area contributed by atoms with Gasteiger partial charge < -0.3 is 10.6 Å². The van der Waals surface area contributed by atoms with E-state index in [1.807, 2.05) is 49.4 Å². The lowest BCUT2D eigenvalue weighted by molar-refractivity contribution is 0.0951. The highest BCUT2D eigenvalue weighted by Gasteiger charge is 2.04. The molecule has 0 aliphatic rings. The van der Waals surface area contributed by atoms with E-state index in [4.69, 9.17) is 5.41 Å². The smallest absolute Gasteiger partial charge is 0.251 e. The molecule has 0 saturated carbocycles. The van der Waals surface area contributed by atoms with Gasteiger partial charge in [0.05, 0.1) is 0 Å². The normalized spacial score (nSPS) is 10.0. The number of amidine groups is 1. The molecule has 0 radical (unpaired) electrons. The third-order valence-corrected chi connectivity index (χ3v) is 3.67. The second-order valence-electron chi connectivity index (χ2n) is 4.63. The summed E-state index contributed by atoms with van der Waals surface area (Å²) in [5.41, 5.74) is 2.56. The van der Waals surface area contributed by atoms with Crippen LogP contribution in [0.3, 0.4) is 0 Å². The fourth-order valence-electron chi connectivity index (χ4n) is 1.89. The van der Waals surface area contributed by atoms with Crippen molar-refractivity contribution >= 4 is 28.5 Å². The first-order valence-electron chi connectivity index (χ1n) is 7.09. The Hall–Kier alpha value is -2.27. The SMILES string of the molecule is CCSC(=N)Nc1ccc(CNC(=O)c2ccccc2)cc1. The molecule has 0 aromatic heterocycles. The maximum Gasteiger partial charge on any atom is 0.251 e. The van der Waals surface area contributed by atoms with Gasteiger partial charge in [-0.25, -0.2) is 0 Å². The molecule has 1 amide bonds. The van der Waals surface area contributed by atoms with Gasteiger partial charge in [0.2, 0.25) is 0 Å². The van der Waals surface area contributed by atoms with Crippen molar-refractivity contribution in [2.75, 3.05) is 11.1 Å². The predicted molar refractivity (Wildman–Crippen MR) is 93.5 cm³/mol. The van der Waals surface area contributed by atoms with Crippen LogP contribution in [0.1, 0.15) is 22.8 Å². The van der Waals surface area contributed by atoms with Crippen molar-refractivity contribution < 1.29 is 4.79 Å². The van der Waals surface area contributed by atoms with Gasteiger partial charge in [0.25, 0.3) is 5.91 Å². The van der Waals surface area contributed by atoms with Crippen molar-refractivity contribution in [3.05, 3.63) is 65.7 Å². The minimum absolute atomic E-state index is 0.0797. The largest absolute Gasteiger partial charge is 0.348 e. The molecule has 5 heteroatoms. The highest BCUT2D eigenvalue weighted by molar-refractivity contribution is 8.14. The summed E-state index contributed by atoms with van der Waals surface area (Å²) in [6, 6.07) is 16.9. The van der Waals surface area contributed by atoms with Crippen LogP contribution in [0.15, 0.2) is 54.6 Å². The molecule has 2 rings (SSSR count). The van der Waals surface area contributed by atoms with E-state index in [1.165, 1.54) is 11.8 Å². The standard InChI is InChI=1S/C17H19N3OS/c1-2-22-17(18)20-15-10-8-13(9-11-15)12-19-16(21)14-6-4-3-5-7-14/h3-11H,2,12H2,1H3,(H2,18,20)(H,19,21). The Morgan fingerprint density at radius 1 is 1.09 bits per heavy atom. The summed E-state index contributed by atoms with van der Waals surface area (Å²) < 4.78 is 0. The highest BCUT2D eigenvalue weighted by atomic mass is 32.2. The Labute approximate surface area is 134 Å². The van der Waals surface area contributed by atoms with Crippen molar-refractivity contribution in [3.63, 3.8) is 0 Å². The summed E-state index contributed by atoms with van der Waals surface area (Å²) in [6.07, 6.45) is 0. The number of amides is 1. The van der Waals surface area contributed by atoms with E-state index < -0.39 is 0 Å². The molecule has 2 aromatic carbocycles. The van der Waals surface area contributed by atoms with Gasteiger partial charge in [0, 0.05) is 17.8 Å². The van der Waals surface area contributed by atoms with Gasteiger partial charge in [-0.1, -0.05) is 49.0 Å². The van der Waals surface area contributed by atoms with Gasteiger partial charge in [-0.3, -0.25) is 10.2 Å². The maximum absolute atomic E-state index is 11.9. The van der Waals surface area contributed by atoms with E-state index >= 15 is 0 Å². The van der Waals surface area contributed by atoms with Crippen LogP contribution in [-0.2, 0) is 6.54 Å². The minimum atomic E-state index is -0.0797. The molecule has 0 aliphatic carbocycles. The first-order valence-corrected chi connectivity index (χ1v) is 8.08. The molecule has 0 heterocycles. The Balaban J connectivity index is 1.86. The van der Waals surface area contributed by atoms with Crippen molar-refractivity contribution in [2.24, 2.45) is 0 Å². The van der Waals surface area contributed by atoms with Gasteiger partial charge in [0.15, 0.2) is 5.17 Å². The highest BCUT2D eigenvalue weighted by Crippen LogP contribution is 2.12. The molecule has 4 nitrogen and oxygen atoms in total. The molecule has 0 fully saturated rings. The zero-order valence-electron chi connectivity index (χ0n) is 12.4. The predicted octanol–water partition coefficient (Wildman–Crippen LogP) is 3.72. The molecular weight excluding hydrogens is 294 g/mol. The van der Waals surface area contributed by atoms with Crippen LogP contribution in [-0.4, -0.2) is 16.8 Å². The van der Waals surface area contributed by atoms with Crippen LogP contribution in [0.25, 0.3) is 0 Å². The van der Waals surface area contributed by atoms with Crippen molar-refractivity contribution in [3.8, 4) is 0 Å². The molecule has 0 bridgehead atoms. The van der Waals surface area contributed by atoms with E-state index in [0.29, 0.717) is 17.3 Å². The number of nitrogens with one attached hydrogen (secondary N) is 3. The maximum atomic E-state index is 11.9. The molecule has 0 saturated heterocycles. The number of rotatable bonds is 5. The molecular formula is C17H19N3OS. The third-order valence-electron chi connectivity index (χ3n) is 2.99. The number of benzene rings is 2. The molecule has 3 N–H and O–H groups in total. The molecule has 0 aliphatic heterocycles. The second-order valence-corrected chi connectivity index (χ2v) is 5.91. The second kappa shape index (κ2) is 8.24. The Bertz CT molecular complexity index is 626. The number of thioether (sulfide) groups is 1. The van der Waals surface area contributed by atoms with Crippen LogP contribution < -0.4 is 10.6 Å². The zero-order chi connectivity index (χ0) is 15.8. The fourth-order valence-corrected chi connectivity index (χ4v) is 2.37. The molecule has 0 atom stereocenters. The number of carbonyl (C=O) groups is 1. The number of hydrogen-bond acceptors (Lipinski definition) is 3. The van der Waals surface area contributed by atoms with Crippen molar-refractivity contribution in [2.45, 2.75) is 13.5 Å². The fraction of sp³-hybridized carbons (Fsp3) is 0.176. The van der Waals surface area contributed by atoms with E-state index in [9.17, 15) is 4.79 Å².